The minimum atomic E-state index is 0.494. The van der Waals surface area contributed by atoms with Crippen molar-refractivity contribution >= 4 is 75.6 Å². The van der Waals surface area contributed by atoms with E-state index in [1.54, 1.807) is 0 Å². The summed E-state index contributed by atoms with van der Waals surface area (Å²) < 4.78 is 6.32. The highest BCUT2D eigenvalue weighted by Crippen LogP contribution is 2.45. The highest BCUT2D eigenvalue weighted by Gasteiger charge is 2.20. The maximum atomic E-state index is 6.32. The van der Waals surface area contributed by atoms with Crippen LogP contribution in [-0.4, -0.2) is 15.0 Å². The van der Waals surface area contributed by atoms with E-state index in [2.05, 4.69) is 115 Å². The molecule has 12 aromatic rings. The van der Waals surface area contributed by atoms with Crippen LogP contribution in [0.25, 0.3) is 121 Å². The average Bonchev–Trinajstić information content (AvgIpc) is 3.70. The molecule has 0 unspecified atom stereocenters. The fourth-order valence-electron chi connectivity index (χ4n) is 8.78. The molecule has 12 rings (SSSR count). The first-order valence-electron chi connectivity index (χ1n) is 18.6. The zero-order valence-electron chi connectivity index (χ0n) is 29.5. The second-order valence-electron chi connectivity index (χ2n) is 14.3. The zero-order valence-corrected chi connectivity index (χ0v) is 29.5. The Bertz CT molecular complexity index is 3450. The summed E-state index contributed by atoms with van der Waals surface area (Å²) in [6.07, 6.45) is 0. The molecule has 0 radical (unpaired) electrons. The van der Waals surface area contributed by atoms with E-state index in [-0.39, 0.29) is 0 Å². The average molecular weight is 700 g/mol. The summed E-state index contributed by atoms with van der Waals surface area (Å²) in [6, 6.07) is 62.5. The normalized spacial score (nSPS) is 12.0. The van der Waals surface area contributed by atoms with Crippen LogP contribution in [0.3, 0.4) is 0 Å². The lowest BCUT2D eigenvalue weighted by molar-refractivity contribution is 0.625. The molecule has 0 saturated heterocycles. The number of rotatable bonds is 4. The molecule has 254 valence electrons. The molecule has 0 aliphatic rings. The predicted octanol–water partition coefficient (Wildman–Crippen LogP) is 13.6. The number of aromatic nitrogens is 3. The predicted molar refractivity (Wildman–Crippen MR) is 228 cm³/mol. The number of benzene rings is 9. The molecule has 4 nitrogen and oxygen atoms in total. The summed E-state index contributed by atoms with van der Waals surface area (Å²) in [4.78, 5) is 15.2. The van der Waals surface area contributed by atoms with Crippen molar-refractivity contribution in [3.63, 3.8) is 0 Å². The summed E-state index contributed by atoms with van der Waals surface area (Å²) in [7, 11) is 0. The third-order valence-electron chi connectivity index (χ3n) is 11.2. The van der Waals surface area contributed by atoms with Crippen LogP contribution in [0.1, 0.15) is 0 Å². The van der Waals surface area contributed by atoms with Crippen molar-refractivity contribution in [1.29, 1.82) is 0 Å². The van der Waals surface area contributed by atoms with Crippen molar-refractivity contribution in [1.82, 2.24) is 15.0 Å². The van der Waals surface area contributed by atoms with Crippen molar-refractivity contribution in [3.8, 4) is 45.5 Å². The van der Waals surface area contributed by atoms with Crippen molar-refractivity contribution in [2.24, 2.45) is 0 Å². The Morgan fingerprint density at radius 3 is 1.53 bits per heavy atom. The van der Waals surface area contributed by atoms with Gasteiger partial charge in [0.1, 0.15) is 5.58 Å². The van der Waals surface area contributed by atoms with Gasteiger partial charge in [-0.15, -0.1) is 0 Å². The molecule has 55 heavy (non-hydrogen) atoms. The maximum Gasteiger partial charge on any atom is 0.199 e. The molecule has 0 bridgehead atoms. The molecule has 0 atom stereocenters. The van der Waals surface area contributed by atoms with E-state index in [1.165, 1.54) is 64.6 Å². The van der Waals surface area contributed by atoms with Gasteiger partial charge in [0.25, 0.3) is 0 Å². The van der Waals surface area contributed by atoms with E-state index in [1.807, 2.05) is 60.7 Å². The summed E-state index contributed by atoms with van der Waals surface area (Å²) in [5.41, 5.74) is 4.77. The molecule has 0 aliphatic carbocycles. The quantitative estimate of drug-likeness (QED) is 0.172. The molecule has 0 saturated carbocycles. The Morgan fingerprint density at radius 2 is 0.836 bits per heavy atom. The smallest absolute Gasteiger partial charge is 0.199 e. The summed E-state index contributed by atoms with van der Waals surface area (Å²) in [5.74, 6) is 2.28. The molecule has 0 N–H and O–H groups in total. The minimum Gasteiger partial charge on any atom is -0.453 e. The van der Waals surface area contributed by atoms with Gasteiger partial charge in [-0.2, -0.15) is 0 Å². The molecule has 0 fully saturated rings. The molecule has 2 aromatic heterocycles. The lowest BCUT2D eigenvalue weighted by Crippen LogP contribution is -2.00. The van der Waals surface area contributed by atoms with Gasteiger partial charge in [0.15, 0.2) is 23.2 Å². The van der Waals surface area contributed by atoms with Gasteiger partial charge < -0.3 is 4.42 Å². The second-order valence-corrected chi connectivity index (χ2v) is 14.3. The van der Waals surface area contributed by atoms with Gasteiger partial charge in [0.05, 0.1) is 0 Å². The Kier molecular flexibility index (Phi) is 6.31. The SMILES string of the molecule is c1ccc(-c2nc(-c3cc4ccccc4o3)nc(-c3ccccc3-c3cc4ccc5cccc6c7cccc8ccc9cccc(c(c3)c4c56)c9c87)n2)cc1. The summed E-state index contributed by atoms with van der Waals surface area (Å²) in [5, 5.41) is 16.0. The molecule has 2 heterocycles. The standard InChI is InChI=1S/C51H29N3O/c1-2-11-33(12-3-1)49-52-50(54-51(53-49)44-29-34-13-4-7-22-43(34)55-44)41-18-6-5-17-37(41)36-27-35-26-25-32-15-9-20-39-38-19-8-14-30-23-24-31-16-10-21-40(47(31)45(30)38)42(28-36)48(35)46(32)39/h1-29H. The zero-order chi connectivity index (χ0) is 36.0. The first kappa shape index (κ1) is 30.1. The lowest BCUT2D eigenvalue weighted by Gasteiger charge is -2.17. The summed E-state index contributed by atoms with van der Waals surface area (Å²) >= 11 is 0. The monoisotopic (exact) mass is 699 g/mol. The molecular formula is C51H29N3O. The summed E-state index contributed by atoms with van der Waals surface area (Å²) in [6.45, 7) is 0. The van der Waals surface area contributed by atoms with Gasteiger partial charge in [0.2, 0.25) is 0 Å². The number of furan rings is 1. The van der Waals surface area contributed by atoms with E-state index in [0.29, 0.717) is 23.2 Å². The third-order valence-corrected chi connectivity index (χ3v) is 11.2. The molecule has 10 aromatic carbocycles. The number of para-hydroxylation sites is 1. The molecular weight excluding hydrogens is 671 g/mol. The topological polar surface area (TPSA) is 51.8 Å². The maximum absolute atomic E-state index is 6.32. The first-order chi connectivity index (χ1) is 27.2. The van der Waals surface area contributed by atoms with Crippen LogP contribution in [0.4, 0.5) is 0 Å². The van der Waals surface area contributed by atoms with Crippen molar-refractivity contribution in [3.05, 3.63) is 176 Å². The van der Waals surface area contributed by atoms with Gasteiger partial charge >= 0.3 is 0 Å². The van der Waals surface area contributed by atoms with Gasteiger partial charge in [-0.25, -0.2) is 15.0 Å². The Labute approximate surface area is 315 Å². The molecule has 4 heteroatoms. The van der Waals surface area contributed by atoms with Gasteiger partial charge in [0, 0.05) is 16.5 Å². The van der Waals surface area contributed by atoms with E-state index in [9.17, 15) is 0 Å². The molecule has 0 spiro atoms. The first-order valence-corrected chi connectivity index (χ1v) is 18.6. The van der Waals surface area contributed by atoms with E-state index >= 15 is 0 Å². The Balaban J connectivity index is 1.17. The highest BCUT2D eigenvalue weighted by atomic mass is 16.3. The van der Waals surface area contributed by atoms with Crippen LogP contribution in [0.5, 0.6) is 0 Å². The minimum absolute atomic E-state index is 0.494. The van der Waals surface area contributed by atoms with Crippen LogP contribution in [0.15, 0.2) is 180 Å². The van der Waals surface area contributed by atoms with Crippen LogP contribution in [-0.2, 0) is 0 Å². The number of hydrogen-bond donors (Lipinski definition) is 0. The van der Waals surface area contributed by atoms with E-state index in [4.69, 9.17) is 19.4 Å². The van der Waals surface area contributed by atoms with Crippen molar-refractivity contribution < 1.29 is 4.42 Å². The lowest BCUT2D eigenvalue weighted by atomic mass is 9.86. The van der Waals surface area contributed by atoms with E-state index in [0.717, 1.165) is 33.2 Å². The van der Waals surface area contributed by atoms with Crippen LogP contribution >= 0.6 is 0 Å². The van der Waals surface area contributed by atoms with Gasteiger partial charge in [-0.1, -0.05) is 152 Å². The van der Waals surface area contributed by atoms with Gasteiger partial charge in [-0.3, -0.25) is 0 Å². The van der Waals surface area contributed by atoms with E-state index < -0.39 is 0 Å². The van der Waals surface area contributed by atoms with Gasteiger partial charge in [-0.05, 0) is 100 Å². The number of fused-ring (bicyclic) bond motifs is 3. The fourth-order valence-corrected chi connectivity index (χ4v) is 8.78. The highest BCUT2D eigenvalue weighted by molar-refractivity contribution is 6.37. The number of hydrogen-bond acceptors (Lipinski definition) is 4. The largest absolute Gasteiger partial charge is 0.453 e. The third kappa shape index (κ3) is 4.55. The van der Waals surface area contributed by atoms with Crippen molar-refractivity contribution in [2.75, 3.05) is 0 Å². The Morgan fingerprint density at radius 1 is 0.309 bits per heavy atom. The molecule has 0 aliphatic heterocycles. The fraction of sp³-hybridized carbons (Fsp3) is 0. The van der Waals surface area contributed by atoms with Crippen LogP contribution < -0.4 is 0 Å². The molecule has 0 amide bonds. The number of nitrogens with zero attached hydrogens (tertiary/aromatic N) is 3. The Hall–Kier alpha value is -7.43. The second kappa shape index (κ2) is 11.5. The van der Waals surface area contributed by atoms with Crippen LogP contribution in [0, 0.1) is 0 Å². The van der Waals surface area contributed by atoms with Crippen LogP contribution in [0.2, 0.25) is 0 Å². The van der Waals surface area contributed by atoms with Crippen molar-refractivity contribution in [2.45, 2.75) is 0 Å².